The molecule has 0 spiro atoms. The Labute approximate surface area is 139 Å². The lowest BCUT2D eigenvalue weighted by atomic mass is 9.92. The van der Waals surface area contributed by atoms with Crippen LogP contribution in [0, 0.1) is 5.82 Å². The van der Waals surface area contributed by atoms with Crippen molar-refractivity contribution in [3.05, 3.63) is 24.0 Å². The third kappa shape index (κ3) is 5.09. The number of ether oxygens (including phenoxy) is 1. The molecule has 1 aromatic rings. The van der Waals surface area contributed by atoms with E-state index < -0.39 is 33.7 Å². The number of alkyl halides is 2. The molecular formula is C15H21F3N2O3S. The lowest BCUT2D eigenvalue weighted by Crippen LogP contribution is -2.49. The summed E-state index contributed by atoms with van der Waals surface area (Å²) in [5.41, 5.74) is 5.62. The van der Waals surface area contributed by atoms with Crippen molar-refractivity contribution in [2.24, 2.45) is 5.73 Å². The first-order chi connectivity index (χ1) is 11.2. The first kappa shape index (κ1) is 19.0. The second-order valence-corrected chi connectivity index (χ2v) is 7.84. The third-order valence-electron chi connectivity index (χ3n) is 4.14. The molecule has 0 bridgehead atoms. The molecule has 0 radical (unpaired) electrons. The van der Waals surface area contributed by atoms with Gasteiger partial charge in [-0.05, 0) is 31.0 Å². The van der Waals surface area contributed by atoms with Crippen LogP contribution in [-0.2, 0) is 10.0 Å². The van der Waals surface area contributed by atoms with Gasteiger partial charge in [0.05, 0.1) is 4.90 Å². The van der Waals surface area contributed by atoms with Crippen LogP contribution in [0.2, 0.25) is 0 Å². The molecule has 0 heterocycles. The summed E-state index contributed by atoms with van der Waals surface area (Å²) in [6.07, 6.45) is 5.44. The largest absolute Gasteiger partial charge is 0.432 e. The maximum Gasteiger partial charge on any atom is 0.387 e. The predicted octanol–water partition coefficient (Wildman–Crippen LogP) is 2.76. The Morgan fingerprint density at radius 2 is 1.83 bits per heavy atom. The van der Waals surface area contributed by atoms with Crippen molar-refractivity contribution in [1.29, 1.82) is 0 Å². The van der Waals surface area contributed by atoms with Gasteiger partial charge < -0.3 is 10.5 Å². The van der Waals surface area contributed by atoms with Crippen molar-refractivity contribution in [1.82, 2.24) is 4.72 Å². The molecule has 1 fully saturated rings. The molecule has 24 heavy (non-hydrogen) atoms. The van der Waals surface area contributed by atoms with Crippen LogP contribution in [0.15, 0.2) is 23.1 Å². The van der Waals surface area contributed by atoms with Crippen molar-refractivity contribution in [3.8, 4) is 5.75 Å². The molecule has 0 aromatic heterocycles. The zero-order valence-electron chi connectivity index (χ0n) is 13.1. The van der Waals surface area contributed by atoms with E-state index in [0.29, 0.717) is 18.9 Å². The first-order valence-electron chi connectivity index (χ1n) is 7.75. The quantitative estimate of drug-likeness (QED) is 0.759. The maximum atomic E-state index is 13.7. The summed E-state index contributed by atoms with van der Waals surface area (Å²) in [7, 11) is -3.99. The fourth-order valence-electron chi connectivity index (χ4n) is 2.77. The summed E-state index contributed by atoms with van der Waals surface area (Å²) in [6.45, 7) is -3.14. The Hall–Kier alpha value is -1.32. The maximum absolute atomic E-state index is 13.7. The molecule has 0 amide bonds. The number of hydrogen-bond donors (Lipinski definition) is 2. The van der Waals surface area contributed by atoms with Gasteiger partial charge in [-0.1, -0.05) is 25.7 Å². The minimum atomic E-state index is -3.99. The van der Waals surface area contributed by atoms with Gasteiger partial charge in [0.25, 0.3) is 0 Å². The summed E-state index contributed by atoms with van der Waals surface area (Å²) in [6, 6.07) is 2.52. The molecule has 3 N–H and O–H groups in total. The highest BCUT2D eigenvalue weighted by Crippen LogP contribution is 2.26. The number of halogens is 3. The minimum Gasteiger partial charge on any atom is -0.432 e. The second-order valence-electron chi connectivity index (χ2n) is 6.07. The fraction of sp³-hybridized carbons (Fsp3) is 0.600. The molecule has 2 rings (SSSR count). The monoisotopic (exact) mass is 366 g/mol. The smallest absolute Gasteiger partial charge is 0.387 e. The molecule has 0 aliphatic heterocycles. The summed E-state index contributed by atoms with van der Waals surface area (Å²) >= 11 is 0. The molecule has 1 aliphatic carbocycles. The number of hydrogen-bond acceptors (Lipinski definition) is 4. The molecule has 9 heteroatoms. The Kier molecular flexibility index (Phi) is 6.11. The number of benzene rings is 1. The van der Waals surface area contributed by atoms with E-state index in [-0.39, 0.29) is 11.4 Å². The van der Waals surface area contributed by atoms with Gasteiger partial charge in [0, 0.05) is 12.1 Å². The highest BCUT2D eigenvalue weighted by atomic mass is 32.2. The van der Waals surface area contributed by atoms with Crippen LogP contribution in [0.4, 0.5) is 13.2 Å². The van der Waals surface area contributed by atoms with Gasteiger partial charge in [0.2, 0.25) is 10.0 Å². The highest BCUT2D eigenvalue weighted by molar-refractivity contribution is 7.89. The van der Waals surface area contributed by atoms with Crippen LogP contribution in [0.5, 0.6) is 5.75 Å². The van der Waals surface area contributed by atoms with Crippen molar-refractivity contribution >= 4 is 10.0 Å². The summed E-state index contributed by atoms with van der Waals surface area (Å²) in [5.74, 6) is -1.88. The van der Waals surface area contributed by atoms with E-state index >= 15 is 0 Å². The van der Waals surface area contributed by atoms with Gasteiger partial charge in [-0.2, -0.15) is 8.78 Å². The highest BCUT2D eigenvalue weighted by Gasteiger charge is 2.28. The third-order valence-corrected chi connectivity index (χ3v) is 5.54. The van der Waals surface area contributed by atoms with E-state index in [0.717, 1.165) is 37.8 Å². The topological polar surface area (TPSA) is 81.4 Å². The second kappa shape index (κ2) is 7.71. The van der Waals surface area contributed by atoms with Crippen molar-refractivity contribution in [2.45, 2.75) is 55.6 Å². The Morgan fingerprint density at radius 1 is 1.21 bits per heavy atom. The van der Waals surface area contributed by atoms with E-state index in [1.165, 1.54) is 0 Å². The van der Waals surface area contributed by atoms with Crippen LogP contribution in [0.3, 0.4) is 0 Å². The van der Waals surface area contributed by atoms with Crippen LogP contribution in [0.1, 0.15) is 38.5 Å². The van der Waals surface area contributed by atoms with Crippen molar-refractivity contribution < 1.29 is 26.3 Å². The standard InChI is InChI=1S/C15H21F3N2O3S/c16-12-9-11(5-6-13(12)23-14(17)18)24(21,22)20-10-15(19)7-3-1-2-4-8-15/h5-6,9,14,20H,1-4,7-8,10,19H2. The molecule has 0 saturated heterocycles. The van der Waals surface area contributed by atoms with Gasteiger partial charge >= 0.3 is 6.61 Å². The lowest BCUT2D eigenvalue weighted by molar-refractivity contribution is -0.0522. The Balaban J connectivity index is 2.08. The number of nitrogens with one attached hydrogen (secondary N) is 1. The van der Waals surface area contributed by atoms with E-state index in [4.69, 9.17) is 5.73 Å². The zero-order chi connectivity index (χ0) is 17.8. The lowest BCUT2D eigenvalue weighted by Gasteiger charge is -2.28. The van der Waals surface area contributed by atoms with Gasteiger partial charge in [-0.3, -0.25) is 0 Å². The van der Waals surface area contributed by atoms with Crippen LogP contribution in [0.25, 0.3) is 0 Å². The Morgan fingerprint density at radius 3 is 2.38 bits per heavy atom. The van der Waals surface area contributed by atoms with E-state index in [9.17, 15) is 21.6 Å². The van der Waals surface area contributed by atoms with E-state index in [2.05, 4.69) is 9.46 Å². The molecular weight excluding hydrogens is 345 g/mol. The molecule has 5 nitrogen and oxygen atoms in total. The van der Waals surface area contributed by atoms with Gasteiger partial charge in [-0.15, -0.1) is 0 Å². The molecule has 0 atom stereocenters. The predicted molar refractivity (Wildman–Crippen MR) is 82.8 cm³/mol. The zero-order valence-corrected chi connectivity index (χ0v) is 13.9. The van der Waals surface area contributed by atoms with Crippen LogP contribution in [-0.4, -0.2) is 27.1 Å². The average Bonchev–Trinajstić information content (AvgIpc) is 2.72. The van der Waals surface area contributed by atoms with E-state index in [1.807, 2.05) is 0 Å². The minimum absolute atomic E-state index is 0.0479. The summed E-state index contributed by atoms with van der Waals surface area (Å²) < 4.78 is 68.8. The number of sulfonamides is 1. The molecule has 1 aromatic carbocycles. The van der Waals surface area contributed by atoms with Crippen LogP contribution < -0.4 is 15.2 Å². The van der Waals surface area contributed by atoms with Crippen molar-refractivity contribution in [2.75, 3.05) is 6.54 Å². The van der Waals surface area contributed by atoms with Gasteiger partial charge in [0.15, 0.2) is 11.6 Å². The first-order valence-corrected chi connectivity index (χ1v) is 9.23. The van der Waals surface area contributed by atoms with Gasteiger partial charge in [0.1, 0.15) is 0 Å². The SMILES string of the molecule is NC1(CNS(=O)(=O)c2ccc(OC(F)F)c(F)c2)CCCCCC1. The van der Waals surface area contributed by atoms with Crippen LogP contribution >= 0.6 is 0 Å². The molecule has 0 unspecified atom stereocenters. The number of rotatable bonds is 6. The van der Waals surface area contributed by atoms with Crippen molar-refractivity contribution in [3.63, 3.8) is 0 Å². The summed E-state index contributed by atoms with van der Waals surface area (Å²) in [4.78, 5) is -0.362. The normalized spacial score (nSPS) is 18.4. The van der Waals surface area contributed by atoms with E-state index in [1.54, 1.807) is 0 Å². The average molecular weight is 366 g/mol. The number of nitrogens with two attached hydrogens (primary N) is 1. The Bertz CT molecular complexity index is 660. The van der Waals surface area contributed by atoms with Gasteiger partial charge in [-0.25, -0.2) is 17.5 Å². The molecule has 1 aliphatic rings. The molecule has 136 valence electrons. The fourth-order valence-corrected chi connectivity index (χ4v) is 3.92. The summed E-state index contributed by atoms with van der Waals surface area (Å²) in [5, 5.41) is 0. The molecule has 1 saturated carbocycles.